The molecule has 1 aliphatic rings. The molecule has 4 aromatic rings. The summed E-state index contributed by atoms with van der Waals surface area (Å²) in [5.74, 6) is -0.822. The molecule has 38 heavy (non-hydrogen) atoms. The van der Waals surface area contributed by atoms with Gasteiger partial charge in [0.25, 0.3) is 5.91 Å². The molecule has 1 amide bonds. The SMILES string of the molecule is CN1CCC[C@@H]1Cn1cc(NC(=O)c2cnn3cccnc23)c(-c2cc(S(C)(=O)=O)ccc2OC(F)F)n1. The maximum atomic E-state index is 13.3. The highest BCUT2D eigenvalue weighted by molar-refractivity contribution is 7.90. The van der Waals surface area contributed by atoms with Gasteiger partial charge in [0, 0.05) is 36.5 Å². The summed E-state index contributed by atoms with van der Waals surface area (Å²) in [6.45, 7) is -1.74. The minimum atomic E-state index is -3.68. The summed E-state index contributed by atoms with van der Waals surface area (Å²) in [6.07, 6.45) is 9.12. The molecule has 0 spiro atoms. The highest BCUT2D eigenvalue weighted by atomic mass is 32.2. The number of halogens is 2. The molecule has 1 atom stereocenters. The molecule has 0 bridgehead atoms. The van der Waals surface area contributed by atoms with Crippen molar-refractivity contribution in [3.63, 3.8) is 0 Å². The number of likely N-dealkylation sites (tertiary alicyclic amines) is 1. The van der Waals surface area contributed by atoms with E-state index in [-0.39, 0.29) is 39.2 Å². The van der Waals surface area contributed by atoms with Crippen molar-refractivity contribution >= 4 is 27.1 Å². The predicted octanol–water partition coefficient (Wildman–Crippen LogP) is 2.94. The predicted molar refractivity (Wildman–Crippen MR) is 134 cm³/mol. The molecule has 3 aromatic heterocycles. The Balaban J connectivity index is 1.60. The number of benzene rings is 1. The van der Waals surface area contributed by atoms with Crippen molar-refractivity contribution in [1.82, 2.24) is 29.3 Å². The standard InChI is InChI=1S/C24H25F2N7O4S/c1-31-9-3-5-15(31)13-32-14-19(29-23(34)18-12-28-33-10-4-8-27-22(18)33)21(30-32)17-11-16(38(2,35)36)6-7-20(17)37-24(25)26/h4,6-8,10-12,14-15,24H,3,5,9,13H2,1-2H3,(H,29,34)/t15-/m1/s1. The van der Waals surface area contributed by atoms with Gasteiger partial charge in [-0.3, -0.25) is 9.48 Å². The molecule has 11 nitrogen and oxygen atoms in total. The number of ether oxygens (including phenoxy) is 1. The van der Waals surface area contributed by atoms with Gasteiger partial charge in [-0.05, 0) is 50.7 Å². The number of hydrogen-bond donors (Lipinski definition) is 1. The van der Waals surface area contributed by atoms with Crippen molar-refractivity contribution in [2.45, 2.75) is 36.9 Å². The van der Waals surface area contributed by atoms with Gasteiger partial charge in [-0.1, -0.05) is 0 Å². The van der Waals surface area contributed by atoms with E-state index in [0.29, 0.717) is 12.2 Å². The zero-order valence-electron chi connectivity index (χ0n) is 20.6. The number of nitrogens with one attached hydrogen (secondary N) is 1. The second kappa shape index (κ2) is 10.1. The molecule has 200 valence electrons. The Labute approximate surface area is 216 Å². The number of alkyl halides is 2. The lowest BCUT2D eigenvalue weighted by Crippen LogP contribution is -2.29. The summed E-state index contributed by atoms with van der Waals surface area (Å²) in [4.78, 5) is 19.6. The lowest BCUT2D eigenvalue weighted by Gasteiger charge is -2.19. The first-order valence-corrected chi connectivity index (χ1v) is 13.7. The van der Waals surface area contributed by atoms with Crippen LogP contribution in [0.15, 0.2) is 53.9 Å². The Morgan fingerprint density at radius 1 is 1.32 bits per heavy atom. The summed E-state index contributed by atoms with van der Waals surface area (Å²) >= 11 is 0. The molecule has 1 aliphatic heterocycles. The van der Waals surface area contributed by atoms with Gasteiger partial charge in [0.2, 0.25) is 0 Å². The Morgan fingerprint density at radius 2 is 2.13 bits per heavy atom. The number of nitrogens with zero attached hydrogens (tertiary/aromatic N) is 6. The smallest absolute Gasteiger partial charge is 0.387 e. The van der Waals surface area contributed by atoms with Gasteiger partial charge in [0.1, 0.15) is 17.0 Å². The summed E-state index contributed by atoms with van der Waals surface area (Å²) in [5.41, 5.74) is 0.793. The number of anilines is 1. The summed E-state index contributed by atoms with van der Waals surface area (Å²) in [6, 6.07) is 5.41. The Kier molecular flexibility index (Phi) is 6.84. The maximum Gasteiger partial charge on any atom is 0.387 e. The van der Waals surface area contributed by atoms with Gasteiger partial charge in [0.15, 0.2) is 15.5 Å². The van der Waals surface area contributed by atoms with Gasteiger partial charge in [-0.25, -0.2) is 17.9 Å². The van der Waals surface area contributed by atoms with Crippen LogP contribution in [-0.4, -0.2) is 76.1 Å². The van der Waals surface area contributed by atoms with Crippen molar-refractivity contribution in [1.29, 1.82) is 0 Å². The van der Waals surface area contributed by atoms with Crippen LogP contribution in [0.5, 0.6) is 5.75 Å². The number of amides is 1. The van der Waals surface area contributed by atoms with E-state index in [4.69, 9.17) is 4.74 Å². The lowest BCUT2D eigenvalue weighted by molar-refractivity contribution is -0.0494. The van der Waals surface area contributed by atoms with E-state index in [1.807, 2.05) is 7.05 Å². The number of sulfone groups is 1. The highest BCUT2D eigenvalue weighted by Crippen LogP contribution is 2.37. The van der Waals surface area contributed by atoms with Crippen LogP contribution in [-0.2, 0) is 16.4 Å². The van der Waals surface area contributed by atoms with E-state index in [1.165, 1.54) is 29.0 Å². The minimum Gasteiger partial charge on any atom is -0.434 e. The van der Waals surface area contributed by atoms with Crippen LogP contribution in [0.2, 0.25) is 0 Å². The van der Waals surface area contributed by atoms with Gasteiger partial charge in [0.05, 0.1) is 23.3 Å². The molecule has 1 aromatic carbocycles. The van der Waals surface area contributed by atoms with Crippen LogP contribution in [0, 0.1) is 0 Å². The number of aromatic nitrogens is 5. The second-order valence-corrected chi connectivity index (χ2v) is 11.1. The number of likely N-dealkylation sites (N-methyl/N-ethyl adjacent to an activating group) is 1. The van der Waals surface area contributed by atoms with E-state index in [2.05, 4.69) is 25.4 Å². The number of carbonyl (C=O) groups excluding carboxylic acids is 1. The molecule has 0 saturated carbocycles. The topological polar surface area (TPSA) is 124 Å². The third-order valence-corrected chi connectivity index (χ3v) is 7.56. The van der Waals surface area contributed by atoms with Crippen LogP contribution in [0.1, 0.15) is 23.2 Å². The molecular weight excluding hydrogens is 520 g/mol. The van der Waals surface area contributed by atoms with Crippen molar-refractivity contribution in [3.05, 3.63) is 54.6 Å². The lowest BCUT2D eigenvalue weighted by atomic mass is 10.1. The molecule has 4 heterocycles. The van der Waals surface area contributed by atoms with Crippen molar-refractivity contribution in [2.24, 2.45) is 0 Å². The normalized spacial score (nSPS) is 16.4. The molecular formula is C24H25F2N7O4S. The Hall–Kier alpha value is -3.91. The quantitative estimate of drug-likeness (QED) is 0.359. The largest absolute Gasteiger partial charge is 0.434 e. The third-order valence-electron chi connectivity index (χ3n) is 6.45. The van der Waals surface area contributed by atoms with Gasteiger partial charge in [-0.15, -0.1) is 0 Å². The summed E-state index contributed by atoms with van der Waals surface area (Å²) in [7, 11) is -1.68. The second-order valence-electron chi connectivity index (χ2n) is 9.10. The zero-order valence-corrected chi connectivity index (χ0v) is 21.4. The maximum absolute atomic E-state index is 13.3. The van der Waals surface area contributed by atoms with E-state index < -0.39 is 22.4 Å². The van der Waals surface area contributed by atoms with E-state index in [9.17, 15) is 22.0 Å². The van der Waals surface area contributed by atoms with Crippen molar-refractivity contribution in [2.75, 3.05) is 25.2 Å². The average Bonchev–Trinajstić information content (AvgIpc) is 3.57. The van der Waals surface area contributed by atoms with E-state index in [1.54, 1.807) is 23.1 Å². The average molecular weight is 546 g/mol. The number of hydrogen-bond acceptors (Lipinski definition) is 8. The third kappa shape index (κ3) is 5.22. The number of rotatable bonds is 8. The number of fused-ring (bicyclic) bond motifs is 1. The fourth-order valence-electron chi connectivity index (χ4n) is 4.53. The van der Waals surface area contributed by atoms with Gasteiger partial charge in [-0.2, -0.15) is 19.0 Å². The molecule has 5 rings (SSSR count). The first kappa shape index (κ1) is 25.7. The summed E-state index contributed by atoms with van der Waals surface area (Å²) < 4.78 is 58.8. The van der Waals surface area contributed by atoms with Crippen molar-refractivity contribution < 1.29 is 26.7 Å². The van der Waals surface area contributed by atoms with E-state index >= 15 is 0 Å². The van der Waals surface area contributed by atoms with Gasteiger partial charge >= 0.3 is 6.61 Å². The fourth-order valence-corrected chi connectivity index (χ4v) is 5.18. The molecule has 1 N–H and O–H groups in total. The first-order valence-electron chi connectivity index (χ1n) is 11.8. The molecule has 14 heteroatoms. The molecule has 0 aliphatic carbocycles. The van der Waals surface area contributed by atoms with Crippen LogP contribution >= 0.6 is 0 Å². The van der Waals surface area contributed by atoms with Crippen LogP contribution in [0.4, 0.5) is 14.5 Å². The Bertz CT molecular complexity index is 1600. The summed E-state index contributed by atoms with van der Waals surface area (Å²) in [5, 5.41) is 11.5. The van der Waals surface area contributed by atoms with Crippen LogP contribution < -0.4 is 10.1 Å². The number of carbonyl (C=O) groups is 1. The highest BCUT2D eigenvalue weighted by Gasteiger charge is 2.26. The molecule has 1 fully saturated rings. The molecule has 0 unspecified atom stereocenters. The van der Waals surface area contributed by atoms with Crippen molar-refractivity contribution in [3.8, 4) is 17.0 Å². The van der Waals surface area contributed by atoms with Crippen LogP contribution in [0.25, 0.3) is 16.9 Å². The Morgan fingerprint density at radius 3 is 2.84 bits per heavy atom. The first-order chi connectivity index (χ1) is 18.1. The van der Waals surface area contributed by atoms with Gasteiger partial charge < -0.3 is 15.0 Å². The van der Waals surface area contributed by atoms with Crippen LogP contribution in [0.3, 0.4) is 0 Å². The molecule has 0 radical (unpaired) electrons. The zero-order chi connectivity index (χ0) is 27.0. The monoisotopic (exact) mass is 545 g/mol. The minimum absolute atomic E-state index is 0.0000377. The fraction of sp³-hybridized carbons (Fsp3) is 0.333. The molecule has 1 saturated heterocycles. The van der Waals surface area contributed by atoms with E-state index in [0.717, 1.165) is 31.7 Å².